The Kier molecular flexibility index (Phi) is 6.77. The van der Waals surface area contributed by atoms with Crippen molar-refractivity contribution in [3.05, 3.63) is 34.6 Å². The second kappa shape index (κ2) is 8.59. The molecule has 1 heterocycles. The third-order valence-electron chi connectivity index (χ3n) is 3.82. The molecule has 23 heavy (non-hydrogen) atoms. The molecule has 1 aliphatic rings. The lowest BCUT2D eigenvalue weighted by Crippen LogP contribution is -2.51. The van der Waals surface area contributed by atoms with Gasteiger partial charge in [-0.05, 0) is 19.1 Å². The molecule has 128 valence electrons. The van der Waals surface area contributed by atoms with Crippen LogP contribution in [-0.4, -0.2) is 72.9 Å². The van der Waals surface area contributed by atoms with Gasteiger partial charge in [0.1, 0.15) is 5.82 Å². The molecule has 0 aliphatic carbocycles. The normalized spacial score (nSPS) is 17.3. The first-order chi connectivity index (χ1) is 11.0. The highest BCUT2D eigenvalue weighted by Crippen LogP contribution is 2.21. The molecular weight excluding hydrogens is 323 g/mol. The minimum Gasteiger partial charge on any atom is -0.389 e. The van der Waals surface area contributed by atoms with Crippen LogP contribution >= 0.6 is 11.6 Å². The summed E-state index contributed by atoms with van der Waals surface area (Å²) in [5, 5.41) is 9.97. The highest BCUT2D eigenvalue weighted by molar-refractivity contribution is 6.33. The number of β-amino-alcohol motifs (C(OH)–C–C–N with tert-alkyl or cyclic N) is 1. The van der Waals surface area contributed by atoms with Gasteiger partial charge in [0.15, 0.2) is 0 Å². The summed E-state index contributed by atoms with van der Waals surface area (Å²) >= 11 is 5.94. The van der Waals surface area contributed by atoms with E-state index in [1.165, 1.54) is 18.2 Å². The third-order valence-corrected chi connectivity index (χ3v) is 4.13. The monoisotopic (exact) mass is 344 g/mol. The molecule has 2 rings (SSSR count). The molecule has 1 unspecified atom stereocenters. The van der Waals surface area contributed by atoms with Crippen molar-refractivity contribution in [2.75, 3.05) is 45.9 Å². The van der Waals surface area contributed by atoms with E-state index in [9.17, 15) is 14.3 Å². The number of aliphatic hydroxyl groups is 1. The van der Waals surface area contributed by atoms with Crippen molar-refractivity contribution in [2.24, 2.45) is 0 Å². The van der Waals surface area contributed by atoms with E-state index in [4.69, 9.17) is 16.3 Å². The van der Waals surface area contributed by atoms with Crippen LogP contribution in [-0.2, 0) is 4.74 Å². The lowest BCUT2D eigenvalue weighted by molar-refractivity contribution is 0.0111. The Labute approximate surface area is 140 Å². The smallest absolute Gasteiger partial charge is 0.258 e. The number of halogens is 2. The van der Waals surface area contributed by atoms with Crippen molar-refractivity contribution in [1.82, 2.24) is 9.80 Å². The summed E-state index contributed by atoms with van der Waals surface area (Å²) in [7, 11) is 0. The molecule has 1 atom stereocenters. The Morgan fingerprint density at radius 2 is 2.09 bits per heavy atom. The van der Waals surface area contributed by atoms with Crippen LogP contribution < -0.4 is 0 Å². The zero-order chi connectivity index (χ0) is 16.8. The topological polar surface area (TPSA) is 53.0 Å². The molecule has 1 aliphatic heterocycles. The van der Waals surface area contributed by atoms with Crippen molar-refractivity contribution in [3.63, 3.8) is 0 Å². The van der Waals surface area contributed by atoms with E-state index in [1.807, 2.05) is 6.92 Å². The van der Waals surface area contributed by atoms with Crippen molar-refractivity contribution in [1.29, 1.82) is 0 Å². The van der Waals surface area contributed by atoms with Gasteiger partial charge in [-0.3, -0.25) is 9.69 Å². The average Bonchev–Trinajstić information content (AvgIpc) is 2.53. The zero-order valence-electron chi connectivity index (χ0n) is 13.2. The summed E-state index contributed by atoms with van der Waals surface area (Å²) in [5.41, 5.74) is -0.0704. The number of hydrogen-bond acceptors (Lipinski definition) is 4. The highest BCUT2D eigenvalue weighted by atomic mass is 35.5. The number of hydrogen-bond donors (Lipinski definition) is 1. The molecule has 1 aromatic rings. The molecule has 0 aromatic heterocycles. The Hall–Kier alpha value is -1.21. The fourth-order valence-corrected chi connectivity index (χ4v) is 2.84. The van der Waals surface area contributed by atoms with Crippen molar-refractivity contribution < 1.29 is 19.0 Å². The van der Waals surface area contributed by atoms with Gasteiger partial charge in [0.2, 0.25) is 0 Å². The lowest BCUT2D eigenvalue weighted by Gasteiger charge is -2.35. The Morgan fingerprint density at radius 3 is 2.70 bits per heavy atom. The van der Waals surface area contributed by atoms with Crippen molar-refractivity contribution >= 4 is 17.5 Å². The van der Waals surface area contributed by atoms with Gasteiger partial charge in [-0.2, -0.15) is 0 Å². The zero-order valence-corrected chi connectivity index (χ0v) is 13.9. The maximum absolute atomic E-state index is 13.8. The van der Waals surface area contributed by atoms with Crippen LogP contribution in [0.4, 0.5) is 4.39 Å². The number of rotatable bonds is 6. The van der Waals surface area contributed by atoms with E-state index in [1.54, 1.807) is 4.90 Å². The van der Waals surface area contributed by atoms with Crippen molar-refractivity contribution in [2.45, 2.75) is 13.0 Å². The molecule has 0 bridgehead atoms. The molecule has 0 saturated carbocycles. The van der Waals surface area contributed by atoms with E-state index in [2.05, 4.69) is 4.90 Å². The summed E-state index contributed by atoms with van der Waals surface area (Å²) in [4.78, 5) is 16.1. The predicted octanol–water partition coefficient (Wildman–Crippen LogP) is 1.63. The maximum Gasteiger partial charge on any atom is 0.258 e. The lowest BCUT2D eigenvalue weighted by atomic mass is 10.1. The van der Waals surface area contributed by atoms with E-state index < -0.39 is 11.9 Å². The summed E-state index contributed by atoms with van der Waals surface area (Å²) in [6.45, 7) is 5.47. The van der Waals surface area contributed by atoms with Crippen LogP contribution in [0.1, 0.15) is 17.3 Å². The van der Waals surface area contributed by atoms with Crippen LogP contribution in [0, 0.1) is 5.82 Å². The fourth-order valence-electron chi connectivity index (χ4n) is 2.60. The molecular formula is C16H22ClFN2O3. The van der Waals surface area contributed by atoms with Crippen LogP contribution in [0.5, 0.6) is 0 Å². The van der Waals surface area contributed by atoms with Gasteiger partial charge < -0.3 is 14.7 Å². The number of amides is 1. The van der Waals surface area contributed by atoms with Crippen molar-refractivity contribution in [3.8, 4) is 0 Å². The first kappa shape index (κ1) is 18.1. The van der Waals surface area contributed by atoms with Crippen LogP contribution in [0.15, 0.2) is 18.2 Å². The number of benzene rings is 1. The Morgan fingerprint density at radius 1 is 1.39 bits per heavy atom. The molecule has 1 saturated heterocycles. The number of nitrogens with zero attached hydrogens (tertiary/aromatic N) is 2. The van der Waals surface area contributed by atoms with Gasteiger partial charge in [-0.1, -0.05) is 17.7 Å². The number of carbonyl (C=O) groups is 1. The molecule has 5 nitrogen and oxygen atoms in total. The fraction of sp³-hybridized carbons (Fsp3) is 0.562. The second-order valence-electron chi connectivity index (χ2n) is 5.50. The number of ether oxygens (including phenoxy) is 1. The van der Waals surface area contributed by atoms with E-state index >= 15 is 0 Å². The molecule has 1 fully saturated rings. The summed E-state index contributed by atoms with van der Waals surface area (Å²) in [6, 6.07) is 4.23. The summed E-state index contributed by atoms with van der Waals surface area (Å²) in [6.07, 6.45) is -0.543. The molecule has 1 amide bonds. The van der Waals surface area contributed by atoms with Gasteiger partial charge in [-0.25, -0.2) is 4.39 Å². The van der Waals surface area contributed by atoms with Gasteiger partial charge >= 0.3 is 0 Å². The average molecular weight is 345 g/mol. The standard InChI is InChI=1S/C16H22ClFN2O3/c1-2-23-11-12(21)10-19-6-8-20(9-7-19)16(22)15-13(17)4-3-5-14(15)18/h3-5,12,21H,2,6-11H2,1H3. The second-order valence-corrected chi connectivity index (χ2v) is 5.91. The van der Waals surface area contributed by atoms with Gasteiger partial charge in [-0.15, -0.1) is 0 Å². The first-order valence-electron chi connectivity index (χ1n) is 7.74. The predicted molar refractivity (Wildman–Crippen MR) is 86.3 cm³/mol. The Bertz CT molecular complexity index is 516. The van der Waals surface area contributed by atoms with Gasteiger partial charge in [0.05, 0.1) is 23.3 Å². The first-order valence-corrected chi connectivity index (χ1v) is 8.12. The van der Waals surface area contributed by atoms with Gasteiger partial charge in [0.25, 0.3) is 5.91 Å². The largest absolute Gasteiger partial charge is 0.389 e. The SMILES string of the molecule is CCOCC(O)CN1CCN(C(=O)c2c(F)cccc2Cl)CC1. The van der Waals surface area contributed by atoms with Crippen LogP contribution in [0.2, 0.25) is 5.02 Å². The van der Waals surface area contributed by atoms with Crippen LogP contribution in [0.25, 0.3) is 0 Å². The quantitative estimate of drug-likeness (QED) is 0.852. The molecule has 0 spiro atoms. The Balaban J connectivity index is 1.88. The highest BCUT2D eigenvalue weighted by Gasteiger charge is 2.26. The third kappa shape index (κ3) is 4.88. The van der Waals surface area contributed by atoms with E-state index in [0.29, 0.717) is 45.9 Å². The summed E-state index contributed by atoms with van der Waals surface area (Å²) in [5.74, 6) is -0.986. The maximum atomic E-state index is 13.8. The number of aliphatic hydroxyl groups excluding tert-OH is 1. The van der Waals surface area contributed by atoms with Crippen LogP contribution in [0.3, 0.4) is 0 Å². The minimum absolute atomic E-state index is 0.0704. The molecule has 7 heteroatoms. The van der Waals surface area contributed by atoms with E-state index in [-0.39, 0.29) is 16.5 Å². The molecule has 1 N–H and O–H groups in total. The summed E-state index contributed by atoms with van der Waals surface area (Å²) < 4.78 is 19.0. The number of carbonyl (C=O) groups excluding carboxylic acids is 1. The molecule has 0 radical (unpaired) electrons. The van der Waals surface area contributed by atoms with Gasteiger partial charge in [0, 0.05) is 39.3 Å². The van der Waals surface area contributed by atoms with E-state index in [0.717, 1.165) is 0 Å². The minimum atomic E-state index is -0.600. The molecule has 1 aromatic carbocycles. The number of piperazine rings is 1.